The van der Waals surface area contributed by atoms with Crippen molar-refractivity contribution in [3.63, 3.8) is 0 Å². The number of rotatable bonds is 6. The molecule has 0 bridgehead atoms. The van der Waals surface area contributed by atoms with Crippen molar-refractivity contribution < 1.29 is 4.79 Å². The minimum Gasteiger partial charge on any atom is -0.356 e. The van der Waals surface area contributed by atoms with E-state index in [0.717, 1.165) is 35.3 Å². The molecular formula is C16H19N9OS2. The summed E-state index contributed by atoms with van der Waals surface area (Å²) in [4.78, 5) is 27.4. The molecule has 146 valence electrons. The van der Waals surface area contributed by atoms with Gasteiger partial charge in [0.15, 0.2) is 10.2 Å². The molecule has 1 atom stereocenters. The molecule has 1 unspecified atom stereocenters. The molecule has 0 radical (unpaired) electrons. The second-order valence-corrected chi connectivity index (χ2v) is 8.64. The van der Waals surface area contributed by atoms with Crippen LogP contribution in [0.1, 0.15) is 19.8 Å². The quantitative estimate of drug-likeness (QED) is 0.474. The summed E-state index contributed by atoms with van der Waals surface area (Å²) < 4.78 is 2.45. The Balaban J connectivity index is 1.42. The van der Waals surface area contributed by atoms with Crippen LogP contribution in [0.4, 0.5) is 10.9 Å². The fraction of sp³-hybridized carbons (Fsp3) is 0.438. The summed E-state index contributed by atoms with van der Waals surface area (Å²) in [7, 11) is 0. The van der Waals surface area contributed by atoms with E-state index in [9.17, 15) is 4.79 Å². The van der Waals surface area contributed by atoms with Crippen molar-refractivity contribution in [1.82, 2.24) is 34.9 Å². The summed E-state index contributed by atoms with van der Waals surface area (Å²) in [5, 5.41) is 15.7. The molecule has 4 rings (SSSR count). The molecule has 4 heterocycles. The summed E-state index contributed by atoms with van der Waals surface area (Å²) in [6.07, 6.45) is 6.30. The summed E-state index contributed by atoms with van der Waals surface area (Å²) in [5.41, 5.74) is 0. The van der Waals surface area contributed by atoms with Crippen LogP contribution in [0.5, 0.6) is 0 Å². The van der Waals surface area contributed by atoms with Crippen LogP contribution in [0, 0.1) is 5.92 Å². The van der Waals surface area contributed by atoms with Gasteiger partial charge < -0.3 is 10.2 Å². The molecule has 0 aromatic carbocycles. The number of aromatic nitrogens is 7. The Morgan fingerprint density at radius 2 is 2.21 bits per heavy atom. The molecule has 10 nitrogen and oxygen atoms in total. The summed E-state index contributed by atoms with van der Waals surface area (Å²) in [6, 6.07) is 1.86. The highest BCUT2D eigenvalue weighted by Gasteiger charge is 2.27. The fourth-order valence-corrected chi connectivity index (χ4v) is 4.66. The molecule has 0 saturated carbocycles. The van der Waals surface area contributed by atoms with Crippen LogP contribution in [0.25, 0.3) is 5.82 Å². The van der Waals surface area contributed by atoms with E-state index in [1.54, 1.807) is 22.8 Å². The third-order valence-corrected chi connectivity index (χ3v) is 6.17. The van der Waals surface area contributed by atoms with Crippen molar-refractivity contribution in [2.24, 2.45) is 5.92 Å². The third kappa shape index (κ3) is 4.28. The minimum absolute atomic E-state index is 0.0283. The average molecular weight is 418 g/mol. The van der Waals surface area contributed by atoms with Gasteiger partial charge in [-0.2, -0.15) is 5.10 Å². The maximum Gasteiger partial charge on any atom is 0.231 e. The number of amides is 1. The second-order valence-electron chi connectivity index (χ2n) is 6.16. The van der Waals surface area contributed by atoms with Crippen molar-refractivity contribution in [1.29, 1.82) is 0 Å². The first kappa shape index (κ1) is 18.7. The molecule has 1 aliphatic rings. The van der Waals surface area contributed by atoms with Gasteiger partial charge in [-0.3, -0.25) is 4.79 Å². The molecule has 1 fully saturated rings. The first-order chi connectivity index (χ1) is 13.7. The smallest absolute Gasteiger partial charge is 0.231 e. The zero-order valence-corrected chi connectivity index (χ0v) is 16.9. The van der Waals surface area contributed by atoms with Crippen LogP contribution in [-0.4, -0.2) is 59.7 Å². The number of nitrogens with one attached hydrogen (secondary N) is 1. The first-order valence-electron chi connectivity index (χ1n) is 8.92. The van der Waals surface area contributed by atoms with E-state index in [2.05, 4.69) is 47.4 Å². The Morgan fingerprint density at radius 1 is 1.32 bits per heavy atom. The van der Waals surface area contributed by atoms with Gasteiger partial charge in [0.05, 0.1) is 5.92 Å². The zero-order valence-electron chi connectivity index (χ0n) is 15.2. The molecule has 3 aromatic rings. The van der Waals surface area contributed by atoms with Gasteiger partial charge in [0, 0.05) is 19.2 Å². The number of carbonyl (C=O) groups is 1. The lowest BCUT2D eigenvalue weighted by atomic mass is 9.97. The van der Waals surface area contributed by atoms with Crippen LogP contribution >= 0.6 is 23.1 Å². The number of nitrogens with zero attached hydrogens (tertiary/aromatic N) is 8. The number of hydrogen-bond donors (Lipinski definition) is 1. The predicted octanol–water partition coefficient (Wildman–Crippen LogP) is 1.88. The predicted molar refractivity (Wildman–Crippen MR) is 107 cm³/mol. The number of anilines is 2. The third-order valence-electron chi connectivity index (χ3n) is 4.31. The van der Waals surface area contributed by atoms with E-state index < -0.39 is 0 Å². The maximum absolute atomic E-state index is 12.7. The molecule has 28 heavy (non-hydrogen) atoms. The topological polar surface area (TPSA) is 115 Å². The van der Waals surface area contributed by atoms with Gasteiger partial charge in [0.2, 0.25) is 11.0 Å². The van der Waals surface area contributed by atoms with Crippen molar-refractivity contribution in [2.75, 3.05) is 29.1 Å². The maximum atomic E-state index is 12.7. The van der Waals surface area contributed by atoms with Crippen molar-refractivity contribution >= 4 is 40.0 Å². The van der Waals surface area contributed by atoms with E-state index in [0.29, 0.717) is 17.5 Å². The molecular weight excluding hydrogens is 398 g/mol. The van der Waals surface area contributed by atoms with Crippen LogP contribution in [-0.2, 0) is 4.79 Å². The number of thioether (sulfide) groups is 1. The van der Waals surface area contributed by atoms with E-state index in [1.165, 1.54) is 24.0 Å². The Bertz CT molecular complexity index is 930. The Kier molecular flexibility index (Phi) is 5.76. The highest BCUT2D eigenvalue weighted by Crippen LogP contribution is 2.27. The van der Waals surface area contributed by atoms with Gasteiger partial charge in [-0.25, -0.2) is 19.6 Å². The molecule has 12 heteroatoms. The van der Waals surface area contributed by atoms with Crippen molar-refractivity contribution in [3.05, 3.63) is 25.0 Å². The second kappa shape index (κ2) is 8.61. The molecule has 1 saturated heterocycles. The zero-order chi connectivity index (χ0) is 19.3. The molecule has 0 aliphatic carbocycles. The number of carbonyl (C=O) groups excluding carboxylic acids is 1. The monoisotopic (exact) mass is 417 g/mol. The highest BCUT2D eigenvalue weighted by molar-refractivity contribution is 8.01. The Labute approximate surface area is 169 Å². The fourth-order valence-electron chi connectivity index (χ4n) is 3.01. The minimum atomic E-state index is -0.135. The van der Waals surface area contributed by atoms with Gasteiger partial charge in [-0.05, 0) is 18.6 Å². The number of hydrogen-bond acceptors (Lipinski definition) is 10. The van der Waals surface area contributed by atoms with Crippen molar-refractivity contribution in [2.45, 2.75) is 24.1 Å². The Morgan fingerprint density at radius 3 is 3.04 bits per heavy atom. The average Bonchev–Trinajstić information content (AvgIpc) is 3.41. The van der Waals surface area contributed by atoms with E-state index >= 15 is 0 Å². The first-order valence-corrected chi connectivity index (χ1v) is 10.7. The van der Waals surface area contributed by atoms with Gasteiger partial charge in [0.25, 0.3) is 0 Å². The van der Waals surface area contributed by atoms with Crippen LogP contribution in [0.3, 0.4) is 0 Å². The van der Waals surface area contributed by atoms with Gasteiger partial charge in [0.1, 0.15) is 24.8 Å². The molecule has 1 aliphatic heterocycles. The normalized spacial score (nSPS) is 16.9. The van der Waals surface area contributed by atoms with Gasteiger partial charge in [-0.1, -0.05) is 30.0 Å². The van der Waals surface area contributed by atoms with Crippen LogP contribution in [0.15, 0.2) is 29.4 Å². The summed E-state index contributed by atoms with van der Waals surface area (Å²) >= 11 is 3.02. The van der Waals surface area contributed by atoms with E-state index in [-0.39, 0.29) is 11.8 Å². The van der Waals surface area contributed by atoms with Gasteiger partial charge >= 0.3 is 0 Å². The summed E-state index contributed by atoms with van der Waals surface area (Å²) in [6.45, 7) is 3.49. The standard InChI is InChI=1S/C16H19N9OS2/c1-2-27-16-23-22-15(28-16)21-14(26)11-4-3-5-24(7-11)12-6-13(19-9-18-12)25-10-17-8-20-25/h6,8-11H,2-5,7H2,1H3,(H,21,22,26). The van der Waals surface area contributed by atoms with Crippen LogP contribution < -0.4 is 10.2 Å². The largest absolute Gasteiger partial charge is 0.356 e. The van der Waals surface area contributed by atoms with Crippen molar-refractivity contribution in [3.8, 4) is 5.82 Å². The molecule has 1 N–H and O–H groups in total. The highest BCUT2D eigenvalue weighted by atomic mass is 32.2. The van der Waals surface area contributed by atoms with Crippen LogP contribution in [0.2, 0.25) is 0 Å². The van der Waals surface area contributed by atoms with E-state index in [1.807, 2.05) is 6.07 Å². The molecule has 0 spiro atoms. The summed E-state index contributed by atoms with van der Waals surface area (Å²) in [5.74, 6) is 2.18. The van der Waals surface area contributed by atoms with E-state index in [4.69, 9.17) is 0 Å². The molecule has 3 aromatic heterocycles. The Hall–Kier alpha value is -2.60. The lowest BCUT2D eigenvalue weighted by Crippen LogP contribution is -2.41. The molecule has 1 amide bonds. The lowest BCUT2D eigenvalue weighted by Gasteiger charge is -2.32. The van der Waals surface area contributed by atoms with Gasteiger partial charge in [-0.15, -0.1) is 10.2 Å². The lowest BCUT2D eigenvalue weighted by molar-refractivity contribution is -0.120. The number of piperidine rings is 1. The SMILES string of the molecule is CCSc1nnc(NC(=O)C2CCCN(c3cc(-n4cncn4)ncn3)C2)s1.